The van der Waals surface area contributed by atoms with Gasteiger partial charge in [-0.1, -0.05) is 72.3 Å². The molecule has 4 heteroatoms. The standard InChI is InChI=1S/C24H38O4/c1-17(2)11-7-5-9-13-19-15-16-21(23(25)26)22(24(27)28)20(19)14-10-6-8-12-18(3)4/h15-18H,5-14H2,1-4H3,(H,25,26)(H,27,28). The smallest absolute Gasteiger partial charge is 0.336 e. The molecular formula is C24H38O4. The van der Waals surface area contributed by atoms with Gasteiger partial charge in [-0.25, -0.2) is 9.59 Å². The minimum absolute atomic E-state index is 0.00367. The highest BCUT2D eigenvalue weighted by Gasteiger charge is 2.22. The van der Waals surface area contributed by atoms with Crippen LogP contribution in [0.3, 0.4) is 0 Å². The summed E-state index contributed by atoms with van der Waals surface area (Å²) in [6.45, 7) is 8.86. The van der Waals surface area contributed by atoms with Crippen LogP contribution < -0.4 is 0 Å². The molecule has 0 saturated carbocycles. The van der Waals surface area contributed by atoms with Gasteiger partial charge in [-0.2, -0.15) is 0 Å². The third-order valence-corrected chi connectivity index (χ3v) is 5.29. The topological polar surface area (TPSA) is 74.6 Å². The fourth-order valence-corrected chi connectivity index (χ4v) is 3.71. The summed E-state index contributed by atoms with van der Waals surface area (Å²) >= 11 is 0. The van der Waals surface area contributed by atoms with Gasteiger partial charge in [0.05, 0.1) is 11.1 Å². The van der Waals surface area contributed by atoms with E-state index in [0.717, 1.165) is 49.7 Å². The number of hydrogen-bond acceptors (Lipinski definition) is 2. The van der Waals surface area contributed by atoms with E-state index in [1.165, 1.54) is 25.3 Å². The van der Waals surface area contributed by atoms with Crippen molar-refractivity contribution < 1.29 is 19.8 Å². The Balaban J connectivity index is 2.91. The Kier molecular flexibility index (Phi) is 10.9. The lowest BCUT2D eigenvalue weighted by atomic mass is 9.89. The predicted molar refractivity (Wildman–Crippen MR) is 114 cm³/mol. The van der Waals surface area contributed by atoms with Gasteiger partial charge in [0.15, 0.2) is 0 Å². The molecule has 2 N–H and O–H groups in total. The Morgan fingerprint density at radius 3 is 1.75 bits per heavy atom. The summed E-state index contributed by atoms with van der Waals surface area (Å²) < 4.78 is 0. The monoisotopic (exact) mass is 390 g/mol. The lowest BCUT2D eigenvalue weighted by molar-refractivity contribution is 0.0650. The summed E-state index contributed by atoms with van der Waals surface area (Å²) in [5.41, 5.74) is 1.65. The molecule has 0 aliphatic rings. The van der Waals surface area contributed by atoms with Crippen molar-refractivity contribution in [3.05, 3.63) is 34.4 Å². The molecule has 0 aliphatic heterocycles. The van der Waals surface area contributed by atoms with E-state index >= 15 is 0 Å². The maximum absolute atomic E-state index is 11.9. The van der Waals surface area contributed by atoms with Gasteiger partial charge in [0.2, 0.25) is 0 Å². The second kappa shape index (κ2) is 12.6. The van der Waals surface area contributed by atoms with Gasteiger partial charge in [0.25, 0.3) is 0 Å². The summed E-state index contributed by atoms with van der Waals surface area (Å²) in [5, 5.41) is 19.1. The highest BCUT2D eigenvalue weighted by Crippen LogP contribution is 2.25. The molecule has 4 nitrogen and oxygen atoms in total. The summed E-state index contributed by atoms with van der Waals surface area (Å²) in [7, 11) is 0. The third-order valence-electron chi connectivity index (χ3n) is 5.29. The van der Waals surface area contributed by atoms with Crippen LogP contribution in [0, 0.1) is 11.8 Å². The van der Waals surface area contributed by atoms with Gasteiger partial charge < -0.3 is 10.2 Å². The Morgan fingerprint density at radius 2 is 1.29 bits per heavy atom. The second-order valence-electron chi connectivity index (χ2n) is 8.72. The van der Waals surface area contributed by atoms with Crippen molar-refractivity contribution in [2.24, 2.45) is 11.8 Å². The van der Waals surface area contributed by atoms with Gasteiger partial charge in [0.1, 0.15) is 0 Å². The minimum Gasteiger partial charge on any atom is -0.478 e. The highest BCUT2D eigenvalue weighted by atomic mass is 16.4. The number of carbonyl (C=O) groups is 2. The van der Waals surface area contributed by atoms with Gasteiger partial charge in [-0.3, -0.25) is 0 Å². The maximum atomic E-state index is 11.9. The van der Waals surface area contributed by atoms with Gasteiger partial charge in [0, 0.05) is 0 Å². The van der Waals surface area contributed by atoms with Crippen LogP contribution in [-0.4, -0.2) is 22.2 Å². The summed E-state index contributed by atoms with van der Waals surface area (Å²) in [4.78, 5) is 23.4. The lowest BCUT2D eigenvalue weighted by Gasteiger charge is -2.15. The number of carboxylic acid groups (broad SMARTS) is 2. The maximum Gasteiger partial charge on any atom is 0.336 e. The number of aryl methyl sites for hydroxylation is 1. The Bertz CT molecular complexity index is 632. The first-order valence-electron chi connectivity index (χ1n) is 10.8. The number of rotatable bonds is 14. The van der Waals surface area contributed by atoms with E-state index in [9.17, 15) is 19.8 Å². The Hall–Kier alpha value is -1.84. The average Bonchev–Trinajstić information content (AvgIpc) is 2.60. The zero-order chi connectivity index (χ0) is 21.1. The molecule has 0 spiro atoms. The predicted octanol–water partition coefficient (Wildman–Crippen LogP) is 6.60. The first-order chi connectivity index (χ1) is 13.2. The van der Waals surface area contributed by atoms with E-state index in [4.69, 9.17) is 0 Å². The first-order valence-corrected chi connectivity index (χ1v) is 10.8. The van der Waals surface area contributed by atoms with Crippen LogP contribution in [0.15, 0.2) is 12.1 Å². The summed E-state index contributed by atoms with van der Waals surface area (Å²) in [6.07, 6.45) is 10.2. The second-order valence-corrected chi connectivity index (χ2v) is 8.72. The number of benzene rings is 1. The SMILES string of the molecule is CC(C)CCCCCc1ccc(C(=O)O)c(C(=O)O)c1CCCCCC(C)C. The minimum atomic E-state index is -1.16. The van der Waals surface area contributed by atoms with E-state index < -0.39 is 11.9 Å². The Labute approximate surface area is 170 Å². The molecule has 1 aromatic carbocycles. The number of aromatic carboxylic acids is 2. The largest absolute Gasteiger partial charge is 0.478 e. The van der Waals surface area contributed by atoms with E-state index in [2.05, 4.69) is 27.7 Å². The van der Waals surface area contributed by atoms with Gasteiger partial charge in [-0.15, -0.1) is 0 Å². The molecule has 0 aromatic heterocycles. The molecule has 0 heterocycles. The van der Waals surface area contributed by atoms with E-state index in [1.807, 2.05) is 6.07 Å². The number of hydrogen-bond donors (Lipinski definition) is 2. The van der Waals surface area contributed by atoms with Crippen LogP contribution in [0.1, 0.15) is 111 Å². The number of carboxylic acids is 2. The molecule has 0 bridgehead atoms. The van der Waals surface area contributed by atoms with Crippen molar-refractivity contribution in [3.8, 4) is 0 Å². The molecule has 0 atom stereocenters. The van der Waals surface area contributed by atoms with Crippen LogP contribution in [0.5, 0.6) is 0 Å². The van der Waals surface area contributed by atoms with Gasteiger partial charge in [-0.05, 0) is 54.7 Å². The zero-order valence-corrected chi connectivity index (χ0v) is 18.1. The highest BCUT2D eigenvalue weighted by molar-refractivity contribution is 6.03. The van der Waals surface area contributed by atoms with Crippen LogP contribution >= 0.6 is 0 Å². The van der Waals surface area contributed by atoms with Crippen LogP contribution in [0.25, 0.3) is 0 Å². The zero-order valence-electron chi connectivity index (χ0n) is 18.1. The number of unbranched alkanes of at least 4 members (excludes halogenated alkanes) is 4. The molecule has 0 saturated heterocycles. The molecule has 0 fully saturated rings. The van der Waals surface area contributed by atoms with E-state index in [-0.39, 0.29) is 11.1 Å². The molecule has 0 aliphatic carbocycles. The van der Waals surface area contributed by atoms with Crippen LogP contribution in [0.2, 0.25) is 0 Å². The van der Waals surface area contributed by atoms with Crippen molar-refractivity contribution in [1.29, 1.82) is 0 Å². The molecular weight excluding hydrogens is 352 g/mol. The van der Waals surface area contributed by atoms with E-state index in [0.29, 0.717) is 18.3 Å². The molecule has 158 valence electrons. The fraction of sp³-hybridized carbons (Fsp3) is 0.667. The van der Waals surface area contributed by atoms with E-state index in [1.54, 1.807) is 0 Å². The van der Waals surface area contributed by atoms with Gasteiger partial charge >= 0.3 is 11.9 Å². The van der Waals surface area contributed by atoms with Crippen molar-refractivity contribution in [2.45, 2.75) is 91.9 Å². The molecule has 0 radical (unpaired) electrons. The molecule has 1 aromatic rings. The third kappa shape index (κ3) is 8.45. The van der Waals surface area contributed by atoms with Crippen LogP contribution in [0.4, 0.5) is 0 Å². The molecule has 0 amide bonds. The normalized spacial score (nSPS) is 11.4. The van der Waals surface area contributed by atoms with Crippen molar-refractivity contribution >= 4 is 11.9 Å². The quantitative estimate of drug-likeness (QED) is 0.351. The average molecular weight is 391 g/mol. The summed E-state index contributed by atoms with van der Waals surface area (Å²) in [6, 6.07) is 3.30. The first kappa shape index (κ1) is 24.2. The van der Waals surface area contributed by atoms with Crippen molar-refractivity contribution in [2.75, 3.05) is 0 Å². The molecule has 1 rings (SSSR count). The van der Waals surface area contributed by atoms with Crippen molar-refractivity contribution in [1.82, 2.24) is 0 Å². The van der Waals surface area contributed by atoms with Crippen molar-refractivity contribution in [3.63, 3.8) is 0 Å². The van der Waals surface area contributed by atoms with Crippen LogP contribution in [-0.2, 0) is 12.8 Å². The Morgan fingerprint density at radius 1 is 0.750 bits per heavy atom. The molecule has 0 unspecified atom stereocenters. The summed E-state index contributed by atoms with van der Waals surface area (Å²) in [5.74, 6) is -0.917. The fourth-order valence-electron chi connectivity index (χ4n) is 3.71. The lowest BCUT2D eigenvalue weighted by Crippen LogP contribution is -2.14. The molecule has 28 heavy (non-hydrogen) atoms.